The molecule has 1 N–H and O–H groups in total. The number of carbonyl (C=O) groups is 1. The van der Waals surface area contributed by atoms with Crippen molar-refractivity contribution in [3.63, 3.8) is 0 Å². The lowest BCUT2D eigenvalue weighted by molar-refractivity contribution is -0.132. The van der Waals surface area contributed by atoms with Gasteiger partial charge in [-0.2, -0.15) is 5.10 Å². The second-order valence-corrected chi connectivity index (χ2v) is 10.6. The fourth-order valence-corrected chi connectivity index (χ4v) is 5.36. The summed E-state index contributed by atoms with van der Waals surface area (Å²) in [6.07, 6.45) is 3.66. The van der Waals surface area contributed by atoms with Crippen molar-refractivity contribution in [3.05, 3.63) is 41.3 Å². The number of nitrogens with one attached hydrogen (secondary N) is 1. The number of likely N-dealkylation sites (N-methyl/N-ethyl adjacent to an activating group) is 1. The Hall–Kier alpha value is -3.46. The quantitative estimate of drug-likeness (QED) is 0.462. The van der Waals surface area contributed by atoms with Gasteiger partial charge in [-0.15, -0.1) is 0 Å². The molecule has 1 aliphatic rings. The number of nitrogens with zero attached hydrogens (tertiary/aromatic N) is 7. The molecule has 0 aliphatic carbocycles. The van der Waals surface area contributed by atoms with Gasteiger partial charge in [0.05, 0.1) is 23.3 Å². The highest BCUT2D eigenvalue weighted by atomic mass is 16.2. The van der Waals surface area contributed by atoms with Gasteiger partial charge in [0, 0.05) is 43.0 Å². The molecule has 1 fully saturated rings. The van der Waals surface area contributed by atoms with Crippen molar-refractivity contribution in [2.24, 2.45) is 0 Å². The van der Waals surface area contributed by atoms with Crippen LogP contribution in [0.2, 0.25) is 0 Å². The van der Waals surface area contributed by atoms with Crippen molar-refractivity contribution in [2.45, 2.75) is 46.6 Å². The van der Waals surface area contributed by atoms with E-state index in [4.69, 9.17) is 4.98 Å². The van der Waals surface area contributed by atoms with Gasteiger partial charge in [-0.05, 0) is 64.0 Å². The molecule has 0 spiro atoms. The van der Waals surface area contributed by atoms with Crippen LogP contribution in [-0.4, -0.2) is 86.6 Å². The van der Waals surface area contributed by atoms with Gasteiger partial charge in [-0.25, -0.2) is 14.5 Å². The van der Waals surface area contributed by atoms with Gasteiger partial charge >= 0.3 is 0 Å². The van der Waals surface area contributed by atoms with Crippen molar-refractivity contribution >= 4 is 28.4 Å². The van der Waals surface area contributed by atoms with Crippen LogP contribution < -0.4 is 4.90 Å². The van der Waals surface area contributed by atoms with E-state index in [2.05, 4.69) is 72.9 Å². The molecule has 5 rings (SSSR count). The van der Waals surface area contributed by atoms with Gasteiger partial charge < -0.3 is 19.7 Å². The molecule has 1 aliphatic heterocycles. The van der Waals surface area contributed by atoms with Crippen molar-refractivity contribution in [1.82, 2.24) is 34.4 Å². The maximum atomic E-state index is 12.6. The Labute approximate surface area is 212 Å². The Morgan fingerprint density at radius 3 is 2.67 bits per heavy atom. The first-order chi connectivity index (χ1) is 17.2. The molecule has 1 saturated heterocycles. The zero-order valence-electron chi connectivity index (χ0n) is 22.3. The number of hydrogen-bond donors (Lipinski definition) is 1. The zero-order chi connectivity index (χ0) is 25.7. The Morgan fingerprint density at radius 2 is 1.97 bits per heavy atom. The number of H-pyrrole nitrogens is 1. The highest BCUT2D eigenvalue weighted by molar-refractivity contribution is 5.90. The van der Waals surface area contributed by atoms with Crippen LogP contribution in [0.4, 0.5) is 5.82 Å². The third-order valence-corrected chi connectivity index (χ3v) is 7.36. The molecule has 1 atom stereocenters. The number of carbonyl (C=O) groups excluding carboxylic acids is 1. The van der Waals surface area contributed by atoms with Crippen LogP contribution >= 0.6 is 0 Å². The number of piperazine rings is 1. The molecule has 0 bridgehead atoms. The minimum Gasteiger partial charge on any atom is -0.353 e. The van der Waals surface area contributed by atoms with E-state index in [0.717, 1.165) is 45.9 Å². The van der Waals surface area contributed by atoms with E-state index in [1.165, 1.54) is 11.1 Å². The molecular formula is C27H36N8O. The minimum absolute atomic E-state index is 0.183. The third-order valence-electron chi connectivity index (χ3n) is 7.36. The van der Waals surface area contributed by atoms with E-state index < -0.39 is 0 Å². The molecule has 0 aromatic carbocycles. The number of hydrogen-bond acceptors (Lipinski definition) is 6. The summed E-state index contributed by atoms with van der Waals surface area (Å²) in [7, 11) is 3.86. The first-order valence-electron chi connectivity index (χ1n) is 12.7. The number of rotatable bonds is 5. The van der Waals surface area contributed by atoms with Gasteiger partial charge in [0.15, 0.2) is 5.65 Å². The van der Waals surface area contributed by atoms with E-state index in [1.54, 1.807) is 6.33 Å². The topological polar surface area (TPSA) is 85.7 Å². The van der Waals surface area contributed by atoms with Gasteiger partial charge in [-0.1, -0.05) is 13.8 Å². The minimum atomic E-state index is 0.183. The molecule has 0 unspecified atom stereocenters. The van der Waals surface area contributed by atoms with Crippen LogP contribution in [-0.2, 0) is 4.79 Å². The number of fused-ring (bicyclic) bond motifs is 2. The summed E-state index contributed by atoms with van der Waals surface area (Å²) in [4.78, 5) is 32.1. The second-order valence-electron chi connectivity index (χ2n) is 10.6. The van der Waals surface area contributed by atoms with Gasteiger partial charge in [-0.3, -0.25) is 4.79 Å². The van der Waals surface area contributed by atoms with E-state index in [1.807, 2.05) is 28.4 Å². The average Bonchev–Trinajstić information content (AvgIpc) is 3.45. The van der Waals surface area contributed by atoms with Gasteiger partial charge in [0.1, 0.15) is 12.1 Å². The molecule has 4 aromatic heterocycles. The third kappa shape index (κ3) is 4.11. The number of aromatic amines is 1. The molecule has 0 saturated carbocycles. The van der Waals surface area contributed by atoms with E-state index in [-0.39, 0.29) is 17.9 Å². The summed E-state index contributed by atoms with van der Waals surface area (Å²) in [5.41, 5.74) is 8.66. The summed E-state index contributed by atoms with van der Waals surface area (Å²) in [6, 6.07) is 4.43. The number of pyridine rings is 2. The molecule has 36 heavy (non-hydrogen) atoms. The largest absolute Gasteiger partial charge is 0.353 e. The van der Waals surface area contributed by atoms with Crippen LogP contribution in [0.15, 0.2) is 24.7 Å². The SMILES string of the molecule is Cc1c(-c2[nH]c3ccc(N4CCN(C(=O)CN(C)C)C[C@H]4C)nc3c2C(C)C)cn2ncnc2c1C. The average molecular weight is 489 g/mol. The molecule has 9 nitrogen and oxygen atoms in total. The Balaban J connectivity index is 1.52. The smallest absolute Gasteiger partial charge is 0.236 e. The monoisotopic (exact) mass is 488 g/mol. The van der Waals surface area contributed by atoms with Crippen molar-refractivity contribution in [2.75, 3.05) is 45.2 Å². The lowest BCUT2D eigenvalue weighted by atomic mass is 9.95. The van der Waals surface area contributed by atoms with Crippen LogP contribution in [0, 0.1) is 13.8 Å². The van der Waals surface area contributed by atoms with Crippen LogP contribution in [0.3, 0.4) is 0 Å². The molecular weight excluding hydrogens is 452 g/mol. The van der Waals surface area contributed by atoms with Crippen molar-refractivity contribution in [1.29, 1.82) is 0 Å². The fraction of sp³-hybridized carbons (Fsp3) is 0.481. The highest BCUT2D eigenvalue weighted by Crippen LogP contribution is 2.38. The zero-order valence-corrected chi connectivity index (χ0v) is 22.3. The predicted octanol–water partition coefficient (Wildman–Crippen LogP) is 3.61. The Morgan fingerprint density at radius 1 is 1.19 bits per heavy atom. The van der Waals surface area contributed by atoms with Crippen LogP contribution in [0.25, 0.3) is 27.9 Å². The summed E-state index contributed by atoms with van der Waals surface area (Å²) >= 11 is 0. The normalized spacial score (nSPS) is 16.8. The first-order valence-corrected chi connectivity index (χ1v) is 12.7. The van der Waals surface area contributed by atoms with Gasteiger partial charge in [0.25, 0.3) is 0 Å². The molecule has 9 heteroatoms. The molecule has 4 aromatic rings. The van der Waals surface area contributed by atoms with Gasteiger partial charge in [0.2, 0.25) is 5.91 Å². The molecule has 0 radical (unpaired) electrons. The number of amides is 1. The summed E-state index contributed by atoms with van der Waals surface area (Å²) in [6.45, 7) is 13.5. The molecule has 190 valence electrons. The standard InChI is InChI=1S/C27H36N8O/c1-16(2)24-25(20-13-35-27(28-15-29-35)19(5)18(20)4)30-21-8-9-22(31-26(21)24)34-11-10-33(12-17(34)3)23(36)14-32(6)7/h8-9,13,15-17,30H,10-12,14H2,1-7H3/t17-/m1/s1. The maximum Gasteiger partial charge on any atom is 0.236 e. The number of aryl methyl sites for hydroxylation is 1. The molecule has 5 heterocycles. The predicted molar refractivity (Wildman–Crippen MR) is 144 cm³/mol. The first kappa shape index (κ1) is 24.2. The van der Waals surface area contributed by atoms with Crippen LogP contribution in [0.5, 0.6) is 0 Å². The van der Waals surface area contributed by atoms with E-state index in [9.17, 15) is 4.79 Å². The van der Waals surface area contributed by atoms with Crippen LogP contribution in [0.1, 0.15) is 43.4 Å². The highest BCUT2D eigenvalue weighted by Gasteiger charge is 2.28. The van der Waals surface area contributed by atoms with Crippen molar-refractivity contribution in [3.8, 4) is 11.3 Å². The summed E-state index contributed by atoms with van der Waals surface area (Å²) in [5.74, 6) is 1.42. The number of aromatic nitrogens is 5. The molecule has 1 amide bonds. The second kappa shape index (κ2) is 9.20. The lowest BCUT2D eigenvalue weighted by Crippen LogP contribution is -2.55. The fourth-order valence-electron chi connectivity index (χ4n) is 5.36. The Kier molecular flexibility index (Phi) is 6.20. The van der Waals surface area contributed by atoms with Crippen molar-refractivity contribution < 1.29 is 4.79 Å². The number of anilines is 1. The summed E-state index contributed by atoms with van der Waals surface area (Å²) < 4.78 is 1.85. The summed E-state index contributed by atoms with van der Waals surface area (Å²) in [5, 5.41) is 4.39. The Bertz CT molecular complexity index is 1430. The maximum absolute atomic E-state index is 12.6. The van der Waals surface area contributed by atoms with E-state index in [0.29, 0.717) is 19.6 Å². The van der Waals surface area contributed by atoms with E-state index >= 15 is 0 Å². The lowest BCUT2D eigenvalue weighted by Gasteiger charge is -2.41.